The Morgan fingerprint density at radius 3 is 2.83 bits per heavy atom. The molecule has 0 saturated carbocycles. The molecule has 18 heavy (non-hydrogen) atoms. The minimum atomic E-state index is -0.290. The molecule has 0 fully saturated rings. The Bertz CT molecular complexity index is 377. The molecule has 1 rings (SSSR count). The molecule has 1 aromatic carbocycles. The van der Waals surface area contributed by atoms with E-state index in [2.05, 4.69) is 5.32 Å². The minimum absolute atomic E-state index is 0.104. The normalized spacial score (nSPS) is 10.7. The van der Waals surface area contributed by atoms with E-state index in [1.54, 1.807) is 6.07 Å². The molecule has 0 atom stereocenters. The Balaban J connectivity index is 2.53. The zero-order valence-electron chi connectivity index (χ0n) is 11.2. The van der Waals surface area contributed by atoms with Gasteiger partial charge in [-0.15, -0.1) is 0 Å². The lowest BCUT2D eigenvalue weighted by atomic mass is 10.1. The molecule has 4 heteroatoms. The van der Waals surface area contributed by atoms with Crippen LogP contribution < -0.4 is 5.32 Å². The maximum Gasteiger partial charge on any atom is 0.338 e. The number of benzene rings is 1. The molecule has 0 aliphatic carbocycles. The van der Waals surface area contributed by atoms with Gasteiger partial charge >= 0.3 is 5.97 Å². The van der Waals surface area contributed by atoms with Crippen molar-refractivity contribution < 1.29 is 14.3 Å². The fourth-order valence-electron chi connectivity index (χ4n) is 1.43. The molecule has 0 amide bonds. The van der Waals surface area contributed by atoms with Crippen LogP contribution in [0.3, 0.4) is 0 Å². The first-order valence-corrected chi connectivity index (χ1v) is 6.15. The quantitative estimate of drug-likeness (QED) is 0.594. The number of nitrogens with one attached hydrogen (secondary N) is 1. The van der Waals surface area contributed by atoms with Gasteiger partial charge in [-0.3, -0.25) is 0 Å². The van der Waals surface area contributed by atoms with Crippen LogP contribution in [0, 0.1) is 0 Å². The lowest BCUT2D eigenvalue weighted by Crippen LogP contribution is -2.14. The molecule has 0 aliphatic heterocycles. The maximum absolute atomic E-state index is 11.7. The first-order valence-electron chi connectivity index (χ1n) is 6.15. The zero-order valence-corrected chi connectivity index (χ0v) is 11.2. The van der Waals surface area contributed by atoms with Crippen LogP contribution in [0.15, 0.2) is 24.3 Å². The summed E-state index contributed by atoms with van der Waals surface area (Å²) in [7, 11) is 1.88. The largest absolute Gasteiger partial charge is 0.459 e. The van der Waals surface area contributed by atoms with Gasteiger partial charge in [-0.2, -0.15) is 0 Å². The van der Waals surface area contributed by atoms with E-state index in [-0.39, 0.29) is 12.1 Å². The number of hydrogen-bond acceptors (Lipinski definition) is 4. The van der Waals surface area contributed by atoms with Crippen LogP contribution in [0.5, 0.6) is 0 Å². The van der Waals surface area contributed by atoms with E-state index in [4.69, 9.17) is 9.47 Å². The number of hydrogen-bond donors (Lipinski definition) is 1. The summed E-state index contributed by atoms with van der Waals surface area (Å²) in [5.41, 5.74) is 1.54. The molecule has 1 N–H and O–H groups in total. The van der Waals surface area contributed by atoms with Gasteiger partial charge in [0.25, 0.3) is 0 Å². The minimum Gasteiger partial charge on any atom is -0.459 e. The van der Waals surface area contributed by atoms with E-state index < -0.39 is 0 Å². The van der Waals surface area contributed by atoms with E-state index in [0.717, 1.165) is 12.1 Å². The van der Waals surface area contributed by atoms with E-state index in [1.807, 2.05) is 39.1 Å². The van der Waals surface area contributed by atoms with Gasteiger partial charge in [0.15, 0.2) is 0 Å². The summed E-state index contributed by atoms with van der Waals surface area (Å²) >= 11 is 0. The molecule has 0 heterocycles. The molecule has 0 spiro atoms. The van der Waals surface area contributed by atoms with Crippen LogP contribution in [0.25, 0.3) is 0 Å². The second-order valence-electron chi connectivity index (χ2n) is 4.31. The van der Waals surface area contributed by atoms with Gasteiger partial charge in [0.1, 0.15) is 0 Å². The highest BCUT2D eigenvalue weighted by molar-refractivity contribution is 5.89. The van der Waals surface area contributed by atoms with E-state index in [0.29, 0.717) is 18.8 Å². The molecule has 100 valence electrons. The molecule has 0 aliphatic rings. The SMILES string of the molecule is CNCCOCc1cccc(C(=O)OC(C)C)c1. The van der Waals surface area contributed by atoms with Crippen LogP contribution in [0.2, 0.25) is 0 Å². The van der Waals surface area contributed by atoms with Crippen LogP contribution in [-0.2, 0) is 16.1 Å². The van der Waals surface area contributed by atoms with Gasteiger partial charge < -0.3 is 14.8 Å². The molecule has 0 radical (unpaired) electrons. The van der Waals surface area contributed by atoms with Gasteiger partial charge in [-0.05, 0) is 38.6 Å². The lowest BCUT2D eigenvalue weighted by Gasteiger charge is -2.09. The summed E-state index contributed by atoms with van der Waals surface area (Å²) in [6.07, 6.45) is -0.104. The fourth-order valence-corrected chi connectivity index (χ4v) is 1.43. The predicted octanol–water partition coefficient (Wildman–Crippen LogP) is 1.99. The van der Waals surface area contributed by atoms with E-state index >= 15 is 0 Å². The number of likely N-dealkylation sites (N-methyl/N-ethyl adjacent to an activating group) is 1. The summed E-state index contributed by atoms with van der Waals surface area (Å²) < 4.78 is 10.6. The van der Waals surface area contributed by atoms with Crippen LogP contribution >= 0.6 is 0 Å². The van der Waals surface area contributed by atoms with Crippen LogP contribution in [0.1, 0.15) is 29.8 Å². The highest BCUT2D eigenvalue weighted by Gasteiger charge is 2.09. The third kappa shape index (κ3) is 5.29. The first-order chi connectivity index (χ1) is 8.63. The first kappa shape index (κ1) is 14.7. The number of ether oxygens (including phenoxy) is 2. The van der Waals surface area contributed by atoms with Gasteiger partial charge in [0.2, 0.25) is 0 Å². The van der Waals surface area contributed by atoms with E-state index in [9.17, 15) is 4.79 Å². The Kier molecular flexibility index (Phi) is 6.39. The number of carbonyl (C=O) groups is 1. The summed E-state index contributed by atoms with van der Waals surface area (Å²) in [6, 6.07) is 7.34. The van der Waals surface area contributed by atoms with Crippen molar-refractivity contribution >= 4 is 5.97 Å². The number of rotatable bonds is 7. The summed E-state index contributed by atoms with van der Waals surface area (Å²) in [6.45, 7) is 5.64. The second kappa shape index (κ2) is 7.84. The molecule has 0 saturated heterocycles. The lowest BCUT2D eigenvalue weighted by molar-refractivity contribution is 0.0377. The molecular weight excluding hydrogens is 230 g/mol. The molecule has 4 nitrogen and oxygen atoms in total. The highest BCUT2D eigenvalue weighted by Crippen LogP contribution is 2.09. The van der Waals surface area contributed by atoms with Crippen LogP contribution in [0.4, 0.5) is 0 Å². The van der Waals surface area contributed by atoms with Crippen molar-refractivity contribution in [1.29, 1.82) is 0 Å². The van der Waals surface area contributed by atoms with Crippen molar-refractivity contribution in [3.8, 4) is 0 Å². The van der Waals surface area contributed by atoms with Crippen LogP contribution in [-0.4, -0.2) is 32.3 Å². The zero-order chi connectivity index (χ0) is 13.4. The second-order valence-corrected chi connectivity index (χ2v) is 4.31. The van der Waals surface area contributed by atoms with Crippen molar-refractivity contribution in [3.63, 3.8) is 0 Å². The number of carbonyl (C=O) groups excluding carboxylic acids is 1. The smallest absolute Gasteiger partial charge is 0.338 e. The molecule has 1 aromatic rings. The summed E-state index contributed by atoms with van der Waals surface area (Å²) in [5.74, 6) is -0.290. The highest BCUT2D eigenvalue weighted by atomic mass is 16.5. The number of esters is 1. The monoisotopic (exact) mass is 251 g/mol. The topological polar surface area (TPSA) is 47.6 Å². The van der Waals surface area contributed by atoms with Gasteiger partial charge in [-0.1, -0.05) is 12.1 Å². The third-order valence-electron chi connectivity index (χ3n) is 2.27. The standard InChI is InChI=1S/C14H21NO3/c1-11(2)18-14(16)13-6-4-5-12(9-13)10-17-8-7-15-3/h4-6,9,11,15H,7-8,10H2,1-3H3. The summed E-state index contributed by atoms with van der Waals surface area (Å²) in [4.78, 5) is 11.7. The fraction of sp³-hybridized carbons (Fsp3) is 0.500. The molecule has 0 bridgehead atoms. The average Bonchev–Trinajstić information content (AvgIpc) is 2.34. The van der Waals surface area contributed by atoms with Gasteiger partial charge in [0.05, 0.1) is 24.9 Å². The Morgan fingerprint density at radius 2 is 2.17 bits per heavy atom. The summed E-state index contributed by atoms with van der Waals surface area (Å²) in [5, 5.41) is 3.01. The van der Waals surface area contributed by atoms with Gasteiger partial charge in [-0.25, -0.2) is 4.79 Å². The van der Waals surface area contributed by atoms with E-state index in [1.165, 1.54) is 0 Å². The molecule has 0 unspecified atom stereocenters. The van der Waals surface area contributed by atoms with Crippen molar-refractivity contribution in [1.82, 2.24) is 5.32 Å². The Hall–Kier alpha value is -1.39. The van der Waals surface area contributed by atoms with Crippen molar-refractivity contribution in [2.75, 3.05) is 20.2 Å². The molecular formula is C14H21NO3. The third-order valence-corrected chi connectivity index (χ3v) is 2.27. The Labute approximate surface area is 108 Å². The molecule has 0 aromatic heterocycles. The predicted molar refractivity (Wildman–Crippen MR) is 70.6 cm³/mol. The van der Waals surface area contributed by atoms with Gasteiger partial charge in [0, 0.05) is 6.54 Å². The average molecular weight is 251 g/mol. The van der Waals surface area contributed by atoms with Crippen molar-refractivity contribution in [3.05, 3.63) is 35.4 Å². The Morgan fingerprint density at radius 1 is 1.39 bits per heavy atom. The maximum atomic E-state index is 11.7. The van der Waals surface area contributed by atoms with Crippen molar-refractivity contribution in [2.24, 2.45) is 0 Å². The van der Waals surface area contributed by atoms with Crippen molar-refractivity contribution in [2.45, 2.75) is 26.6 Å².